The summed E-state index contributed by atoms with van der Waals surface area (Å²) in [6.07, 6.45) is 1.93. The summed E-state index contributed by atoms with van der Waals surface area (Å²) in [4.78, 5) is 4.61. The third kappa shape index (κ3) is 3.07. The quantitative estimate of drug-likeness (QED) is 0.836. The van der Waals surface area contributed by atoms with Gasteiger partial charge in [-0.15, -0.1) is 11.3 Å². The van der Waals surface area contributed by atoms with E-state index in [2.05, 4.69) is 38.1 Å². The Hall–Kier alpha value is -0.410. The lowest BCUT2D eigenvalue weighted by Crippen LogP contribution is -2.21. The summed E-state index contributed by atoms with van der Waals surface area (Å²) in [5.41, 5.74) is 7.23. The van der Waals surface area contributed by atoms with E-state index in [1.54, 1.807) is 11.3 Å². The van der Waals surface area contributed by atoms with Crippen LogP contribution in [0.5, 0.6) is 0 Å². The lowest BCUT2D eigenvalue weighted by Gasteiger charge is -2.14. The Kier molecular flexibility index (Phi) is 3.67. The zero-order chi connectivity index (χ0) is 10.8. The van der Waals surface area contributed by atoms with E-state index in [4.69, 9.17) is 5.73 Å². The van der Waals surface area contributed by atoms with Crippen molar-refractivity contribution in [1.29, 1.82) is 0 Å². The fourth-order valence-corrected chi connectivity index (χ4v) is 2.23. The van der Waals surface area contributed by atoms with Gasteiger partial charge in [0.05, 0.1) is 10.7 Å². The molecule has 0 fully saturated rings. The molecule has 0 saturated heterocycles. The molecule has 0 aliphatic heterocycles. The lowest BCUT2D eigenvalue weighted by molar-refractivity contribution is 0.567. The van der Waals surface area contributed by atoms with Crippen LogP contribution in [0.4, 0.5) is 0 Å². The fourth-order valence-electron chi connectivity index (χ4n) is 1.12. The number of hydrogen-bond donors (Lipinski definition) is 1. The van der Waals surface area contributed by atoms with Gasteiger partial charge >= 0.3 is 0 Å². The number of hydrogen-bond acceptors (Lipinski definition) is 3. The summed E-state index contributed by atoms with van der Waals surface area (Å²) >= 11 is 1.73. The number of thiazole rings is 1. The van der Waals surface area contributed by atoms with Crippen LogP contribution in [0.3, 0.4) is 0 Å². The van der Waals surface area contributed by atoms with Gasteiger partial charge in [0.15, 0.2) is 0 Å². The van der Waals surface area contributed by atoms with Crippen LogP contribution in [-0.4, -0.2) is 11.0 Å². The average molecular weight is 212 g/mol. The molecule has 1 unspecified atom stereocenters. The maximum Gasteiger partial charge on any atom is 0.0943 e. The van der Waals surface area contributed by atoms with Crippen molar-refractivity contribution < 1.29 is 0 Å². The molecule has 0 radical (unpaired) electrons. The molecule has 1 heterocycles. The van der Waals surface area contributed by atoms with Gasteiger partial charge in [-0.05, 0) is 6.42 Å². The first kappa shape index (κ1) is 11.7. The molecule has 0 aliphatic carbocycles. The molecule has 1 aromatic rings. The molecule has 0 saturated carbocycles. The van der Waals surface area contributed by atoms with E-state index in [9.17, 15) is 0 Å². The van der Waals surface area contributed by atoms with Crippen molar-refractivity contribution in [2.75, 3.05) is 0 Å². The molecular formula is C11H20N2S. The highest BCUT2D eigenvalue weighted by Crippen LogP contribution is 2.24. The minimum Gasteiger partial charge on any atom is -0.327 e. The van der Waals surface area contributed by atoms with Crippen molar-refractivity contribution in [3.8, 4) is 0 Å². The van der Waals surface area contributed by atoms with Gasteiger partial charge < -0.3 is 5.73 Å². The summed E-state index contributed by atoms with van der Waals surface area (Å²) in [5.74, 6) is 0. The molecule has 1 aromatic heterocycles. The van der Waals surface area contributed by atoms with E-state index in [0.717, 1.165) is 12.8 Å². The molecule has 3 heteroatoms. The molecule has 1 atom stereocenters. The van der Waals surface area contributed by atoms with Crippen LogP contribution >= 0.6 is 11.3 Å². The SMILES string of the molecule is CCC(N)Cc1nc(C(C)(C)C)cs1. The number of rotatable bonds is 3. The third-order valence-corrected chi connectivity index (χ3v) is 3.15. The van der Waals surface area contributed by atoms with Crippen molar-refractivity contribution in [2.45, 2.75) is 52.0 Å². The standard InChI is InChI=1S/C11H20N2S/c1-5-8(12)6-10-13-9(7-14-10)11(2,3)4/h7-8H,5-6,12H2,1-4H3. The smallest absolute Gasteiger partial charge is 0.0943 e. The number of nitrogens with two attached hydrogens (primary N) is 1. The second-order valence-corrected chi connectivity index (χ2v) is 5.69. The number of nitrogens with zero attached hydrogens (tertiary/aromatic N) is 1. The highest BCUT2D eigenvalue weighted by atomic mass is 32.1. The first-order chi connectivity index (χ1) is 6.43. The highest BCUT2D eigenvalue weighted by molar-refractivity contribution is 7.09. The predicted molar refractivity (Wildman–Crippen MR) is 62.8 cm³/mol. The van der Waals surface area contributed by atoms with Gasteiger partial charge in [0.1, 0.15) is 0 Å². The molecule has 2 nitrogen and oxygen atoms in total. The zero-order valence-corrected chi connectivity index (χ0v) is 10.3. The van der Waals surface area contributed by atoms with E-state index in [-0.39, 0.29) is 11.5 Å². The maximum absolute atomic E-state index is 5.89. The van der Waals surface area contributed by atoms with E-state index >= 15 is 0 Å². The summed E-state index contributed by atoms with van der Waals surface area (Å²) in [6.45, 7) is 8.67. The molecule has 14 heavy (non-hydrogen) atoms. The first-order valence-electron chi connectivity index (χ1n) is 5.14. The van der Waals surface area contributed by atoms with Crippen LogP contribution in [0.1, 0.15) is 44.8 Å². The zero-order valence-electron chi connectivity index (χ0n) is 9.50. The second kappa shape index (κ2) is 4.41. The summed E-state index contributed by atoms with van der Waals surface area (Å²) in [5, 5.41) is 3.32. The second-order valence-electron chi connectivity index (χ2n) is 4.75. The molecule has 0 amide bonds. The van der Waals surface area contributed by atoms with Gasteiger partial charge in [-0.2, -0.15) is 0 Å². The Morgan fingerprint density at radius 1 is 1.50 bits per heavy atom. The van der Waals surface area contributed by atoms with Gasteiger partial charge in [0.25, 0.3) is 0 Å². The molecule has 0 aliphatic rings. The summed E-state index contributed by atoms with van der Waals surface area (Å²) in [7, 11) is 0. The largest absolute Gasteiger partial charge is 0.327 e. The number of aromatic nitrogens is 1. The van der Waals surface area contributed by atoms with Crippen molar-refractivity contribution in [2.24, 2.45) is 5.73 Å². The van der Waals surface area contributed by atoms with E-state index in [0.29, 0.717) is 0 Å². The molecule has 0 aromatic carbocycles. The lowest BCUT2D eigenvalue weighted by atomic mass is 9.93. The van der Waals surface area contributed by atoms with Crippen LogP contribution in [-0.2, 0) is 11.8 Å². The molecular weight excluding hydrogens is 192 g/mol. The van der Waals surface area contributed by atoms with Crippen LogP contribution in [0.2, 0.25) is 0 Å². The Morgan fingerprint density at radius 3 is 2.57 bits per heavy atom. The Morgan fingerprint density at radius 2 is 2.14 bits per heavy atom. The molecule has 0 spiro atoms. The minimum atomic E-state index is 0.158. The predicted octanol–water partition coefficient (Wildman–Crippen LogP) is 2.72. The monoisotopic (exact) mass is 212 g/mol. The van der Waals surface area contributed by atoms with Gasteiger partial charge in [0, 0.05) is 23.3 Å². The topological polar surface area (TPSA) is 38.9 Å². The first-order valence-corrected chi connectivity index (χ1v) is 6.02. The Balaban J connectivity index is 2.69. The Labute approximate surface area is 90.6 Å². The Bertz CT molecular complexity index is 286. The molecule has 0 bridgehead atoms. The average Bonchev–Trinajstić information content (AvgIpc) is 2.51. The van der Waals surface area contributed by atoms with Crippen molar-refractivity contribution >= 4 is 11.3 Å². The van der Waals surface area contributed by atoms with E-state index in [1.807, 2.05) is 0 Å². The summed E-state index contributed by atoms with van der Waals surface area (Å²) in [6, 6.07) is 0.258. The van der Waals surface area contributed by atoms with Gasteiger partial charge in [-0.25, -0.2) is 4.98 Å². The van der Waals surface area contributed by atoms with Crippen molar-refractivity contribution in [3.63, 3.8) is 0 Å². The van der Waals surface area contributed by atoms with Gasteiger partial charge in [0.2, 0.25) is 0 Å². The van der Waals surface area contributed by atoms with E-state index in [1.165, 1.54) is 10.7 Å². The van der Waals surface area contributed by atoms with Crippen LogP contribution in [0.15, 0.2) is 5.38 Å². The van der Waals surface area contributed by atoms with Crippen molar-refractivity contribution in [1.82, 2.24) is 4.98 Å². The summed E-state index contributed by atoms with van der Waals surface area (Å²) < 4.78 is 0. The molecule has 2 N–H and O–H groups in total. The van der Waals surface area contributed by atoms with Crippen LogP contribution < -0.4 is 5.73 Å². The van der Waals surface area contributed by atoms with Gasteiger partial charge in [-0.1, -0.05) is 27.7 Å². The molecule has 80 valence electrons. The fraction of sp³-hybridized carbons (Fsp3) is 0.727. The van der Waals surface area contributed by atoms with Gasteiger partial charge in [-0.3, -0.25) is 0 Å². The van der Waals surface area contributed by atoms with Crippen LogP contribution in [0, 0.1) is 0 Å². The van der Waals surface area contributed by atoms with Crippen LogP contribution in [0.25, 0.3) is 0 Å². The minimum absolute atomic E-state index is 0.158. The van der Waals surface area contributed by atoms with E-state index < -0.39 is 0 Å². The maximum atomic E-state index is 5.89. The highest BCUT2D eigenvalue weighted by Gasteiger charge is 2.17. The normalized spacial score (nSPS) is 14.4. The van der Waals surface area contributed by atoms with Crippen molar-refractivity contribution in [3.05, 3.63) is 16.1 Å². The molecule has 1 rings (SSSR count). The third-order valence-electron chi connectivity index (χ3n) is 2.28.